The summed E-state index contributed by atoms with van der Waals surface area (Å²) in [6.07, 6.45) is 3.56. The fraction of sp³-hybridized carbons (Fsp3) is 0.600. The molecule has 5 nitrogen and oxygen atoms in total. The number of rotatable bonds is 5. The number of nitro benzene ring substituents is 1. The van der Waals surface area contributed by atoms with Gasteiger partial charge in [-0.3, -0.25) is 15.0 Å². The van der Waals surface area contributed by atoms with Gasteiger partial charge in [0.05, 0.1) is 21.6 Å². The Morgan fingerprint density at radius 3 is 2.95 bits per heavy atom. The fourth-order valence-corrected chi connectivity index (χ4v) is 3.24. The van der Waals surface area contributed by atoms with Crippen LogP contribution in [0.2, 0.25) is 5.02 Å². The molecule has 21 heavy (non-hydrogen) atoms. The van der Waals surface area contributed by atoms with E-state index in [1.807, 2.05) is 0 Å². The average molecular weight is 313 g/mol. The molecule has 1 aliphatic rings. The second-order valence-electron chi connectivity index (χ2n) is 5.70. The van der Waals surface area contributed by atoms with E-state index in [2.05, 4.69) is 4.90 Å². The lowest BCUT2D eigenvalue weighted by Crippen LogP contribution is -2.40. The summed E-state index contributed by atoms with van der Waals surface area (Å²) >= 11 is 6.17. The molecule has 0 radical (unpaired) electrons. The Labute approximate surface area is 129 Å². The van der Waals surface area contributed by atoms with Gasteiger partial charge in [-0.1, -0.05) is 24.1 Å². The Balaban J connectivity index is 2.21. The van der Waals surface area contributed by atoms with Gasteiger partial charge < -0.3 is 5.11 Å². The maximum absolute atomic E-state index is 11.2. The molecule has 116 valence electrons. The molecule has 1 aromatic rings. The molecule has 1 N–H and O–H groups in total. The Bertz CT molecular complexity index is 508. The van der Waals surface area contributed by atoms with Crippen molar-refractivity contribution in [2.45, 2.75) is 51.3 Å². The van der Waals surface area contributed by atoms with Crippen molar-refractivity contribution in [2.75, 3.05) is 6.54 Å². The van der Waals surface area contributed by atoms with E-state index < -0.39 is 0 Å². The quantitative estimate of drug-likeness (QED) is 0.668. The molecular formula is C15H21ClN2O3. The molecule has 0 spiro atoms. The first kappa shape index (κ1) is 16.2. The van der Waals surface area contributed by atoms with Crippen LogP contribution in [0.4, 0.5) is 5.69 Å². The third-order valence-electron chi connectivity index (χ3n) is 4.01. The summed E-state index contributed by atoms with van der Waals surface area (Å²) in [6, 6.07) is 5.05. The minimum atomic E-state index is -0.380. The van der Waals surface area contributed by atoms with Crippen molar-refractivity contribution in [3.05, 3.63) is 38.9 Å². The van der Waals surface area contributed by atoms with Crippen LogP contribution in [0.5, 0.6) is 0 Å². The zero-order chi connectivity index (χ0) is 15.4. The Kier molecular flexibility index (Phi) is 5.56. The highest BCUT2D eigenvalue weighted by Crippen LogP contribution is 2.30. The lowest BCUT2D eigenvalue weighted by Gasteiger charge is -2.36. The first-order chi connectivity index (χ1) is 9.99. The van der Waals surface area contributed by atoms with Gasteiger partial charge in [-0.15, -0.1) is 0 Å². The number of nitrogens with zero attached hydrogens (tertiary/aromatic N) is 2. The Morgan fingerprint density at radius 2 is 2.29 bits per heavy atom. The number of likely N-dealkylation sites (tertiary alicyclic amines) is 1. The molecule has 6 heteroatoms. The fourth-order valence-electron chi connectivity index (χ4n) is 3.01. The third-order valence-corrected chi connectivity index (χ3v) is 4.37. The van der Waals surface area contributed by atoms with E-state index in [1.54, 1.807) is 19.1 Å². The Hall–Kier alpha value is -1.17. The molecule has 2 atom stereocenters. The summed E-state index contributed by atoms with van der Waals surface area (Å²) in [7, 11) is 0. The highest BCUT2D eigenvalue weighted by molar-refractivity contribution is 6.31. The van der Waals surface area contributed by atoms with Crippen LogP contribution in [0.3, 0.4) is 0 Å². The molecule has 0 bridgehead atoms. The predicted molar refractivity (Wildman–Crippen MR) is 82.5 cm³/mol. The lowest BCUT2D eigenvalue weighted by atomic mass is 9.96. The van der Waals surface area contributed by atoms with Crippen molar-refractivity contribution >= 4 is 17.3 Å². The average Bonchev–Trinajstić information content (AvgIpc) is 2.42. The third kappa shape index (κ3) is 4.15. The normalized spacial score (nSPS) is 21.2. The van der Waals surface area contributed by atoms with E-state index in [9.17, 15) is 15.2 Å². The zero-order valence-corrected chi connectivity index (χ0v) is 12.9. The van der Waals surface area contributed by atoms with E-state index in [-0.39, 0.29) is 22.8 Å². The molecule has 2 rings (SSSR count). The van der Waals surface area contributed by atoms with E-state index in [0.29, 0.717) is 23.6 Å². The molecule has 1 heterocycles. The van der Waals surface area contributed by atoms with Gasteiger partial charge in [-0.2, -0.15) is 0 Å². The van der Waals surface area contributed by atoms with Gasteiger partial charge in [0, 0.05) is 18.7 Å². The number of aliphatic hydroxyl groups is 1. The standard InChI is InChI=1S/C15H21ClN2O3/c1-11(19)9-12-5-2-3-8-17(12)10-13-14(16)6-4-7-15(13)18(20)21/h4,6-7,11-12,19H,2-3,5,8-10H2,1H3. The van der Waals surface area contributed by atoms with Gasteiger partial charge >= 0.3 is 0 Å². The molecule has 1 saturated heterocycles. The van der Waals surface area contributed by atoms with Gasteiger partial charge in [0.1, 0.15) is 0 Å². The molecule has 0 aromatic heterocycles. The minimum Gasteiger partial charge on any atom is -0.393 e. The van der Waals surface area contributed by atoms with Crippen LogP contribution in [-0.2, 0) is 6.54 Å². The topological polar surface area (TPSA) is 66.6 Å². The van der Waals surface area contributed by atoms with Crippen molar-refractivity contribution in [2.24, 2.45) is 0 Å². The first-order valence-corrected chi connectivity index (χ1v) is 7.70. The van der Waals surface area contributed by atoms with Crippen molar-refractivity contribution in [1.82, 2.24) is 4.90 Å². The van der Waals surface area contributed by atoms with Crippen molar-refractivity contribution < 1.29 is 10.0 Å². The van der Waals surface area contributed by atoms with Gasteiger partial charge in [-0.25, -0.2) is 0 Å². The van der Waals surface area contributed by atoms with Gasteiger partial charge in [-0.05, 0) is 38.8 Å². The van der Waals surface area contributed by atoms with Crippen LogP contribution in [0.15, 0.2) is 18.2 Å². The number of piperidine rings is 1. The summed E-state index contributed by atoms with van der Waals surface area (Å²) < 4.78 is 0. The highest BCUT2D eigenvalue weighted by atomic mass is 35.5. The number of hydrogen-bond donors (Lipinski definition) is 1. The number of nitro groups is 1. The van der Waals surface area contributed by atoms with Gasteiger partial charge in [0.15, 0.2) is 0 Å². The number of halogens is 1. The van der Waals surface area contributed by atoms with Crippen LogP contribution in [-0.4, -0.2) is 33.6 Å². The molecule has 0 aliphatic carbocycles. The van der Waals surface area contributed by atoms with Crippen molar-refractivity contribution in [3.8, 4) is 0 Å². The summed E-state index contributed by atoms with van der Waals surface area (Å²) in [5.74, 6) is 0. The minimum absolute atomic E-state index is 0.0730. The van der Waals surface area contributed by atoms with Crippen LogP contribution in [0.25, 0.3) is 0 Å². The predicted octanol–water partition coefficient (Wildman–Crippen LogP) is 3.37. The Morgan fingerprint density at radius 1 is 1.52 bits per heavy atom. The number of benzene rings is 1. The molecule has 0 amide bonds. The summed E-state index contributed by atoms with van der Waals surface area (Å²) in [4.78, 5) is 13.0. The van der Waals surface area contributed by atoms with Gasteiger partial charge in [0.25, 0.3) is 5.69 Å². The summed E-state index contributed by atoms with van der Waals surface area (Å²) in [6.45, 7) is 3.14. The largest absolute Gasteiger partial charge is 0.393 e. The van der Waals surface area contributed by atoms with E-state index in [1.165, 1.54) is 6.07 Å². The van der Waals surface area contributed by atoms with Crippen LogP contribution in [0.1, 0.15) is 38.2 Å². The molecule has 1 aromatic carbocycles. The molecule has 1 fully saturated rings. The summed E-state index contributed by atoms with van der Waals surface area (Å²) in [5.41, 5.74) is 0.644. The number of aliphatic hydroxyl groups excluding tert-OH is 1. The van der Waals surface area contributed by atoms with Crippen molar-refractivity contribution in [1.29, 1.82) is 0 Å². The van der Waals surface area contributed by atoms with Gasteiger partial charge in [0.2, 0.25) is 0 Å². The van der Waals surface area contributed by atoms with Crippen LogP contribution >= 0.6 is 11.6 Å². The summed E-state index contributed by atoms with van der Waals surface area (Å²) in [5, 5.41) is 21.2. The molecule has 0 saturated carbocycles. The smallest absolute Gasteiger partial charge is 0.275 e. The maximum Gasteiger partial charge on any atom is 0.275 e. The monoisotopic (exact) mass is 312 g/mol. The second kappa shape index (κ2) is 7.20. The number of hydrogen-bond acceptors (Lipinski definition) is 4. The second-order valence-corrected chi connectivity index (χ2v) is 6.11. The van der Waals surface area contributed by atoms with E-state index in [0.717, 1.165) is 25.8 Å². The van der Waals surface area contributed by atoms with E-state index >= 15 is 0 Å². The van der Waals surface area contributed by atoms with E-state index in [4.69, 9.17) is 11.6 Å². The molecular weight excluding hydrogens is 292 g/mol. The molecule has 1 aliphatic heterocycles. The molecule has 2 unspecified atom stereocenters. The highest BCUT2D eigenvalue weighted by Gasteiger charge is 2.27. The first-order valence-electron chi connectivity index (χ1n) is 7.33. The SMILES string of the molecule is CC(O)CC1CCCCN1Cc1c(Cl)cccc1[N+](=O)[O-]. The van der Waals surface area contributed by atoms with Crippen molar-refractivity contribution in [3.63, 3.8) is 0 Å². The van der Waals surface area contributed by atoms with Crippen LogP contribution in [0, 0.1) is 10.1 Å². The zero-order valence-electron chi connectivity index (χ0n) is 12.2. The lowest BCUT2D eigenvalue weighted by molar-refractivity contribution is -0.385. The maximum atomic E-state index is 11.2. The van der Waals surface area contributed by atoms with Crippen LogP contribution < -0.4 is 0 Å².